The van der Waals surface area contributed by atoms with Crippen molar-refractivity contribution in [2.24, 2.45) is 0 Å². The van der Waals surface area contributed by atoms with Crippen LogP contribution in [0.25, 0.3) is 0 Å². The van der Waals surface area contributed by atoms with Crippen LogP contribution in [-0.2, 0) is 11.8 Å². The second-order valence-corrected chi connectivity index (χ2v) is 9.74. The third kappa shape index (κ3) is 9.47. The lowest BCUT2D eigenvalue weighted by atomic mass is 10.1. The molecule has 0 saturated heterocycles. The zero-order valence-corrected chi connectivity index (χ0v) is 11.5. The van der Waals surface area contributed by atoms with Gasteiger partial charge in [0.25, 0.3) is 0 Å². The second kappa shape index (κ2) is 8.12. The Bertz CT molecular complexity index is 182. The van der Waals surface area contributed by atoms with Gasteiger partial charge in [0.2, 0.25) is 5.69 Å². The van der Waals surface area contributed by atoms with Crippen molar-refractivity contribution in [3.05, 3.63) is 0 Å². The summed E-state index contributed by atoms with van der Waals surface area (Å²) in [6, 6.07) is 0. The van der Waals surface area contributed by atoms with Crippen molar-refractivity contribution in [1.29, 1.82) is 0 Å². The van der Waals surface area contributed by atoms with E-state index >= 15 is 0 Å². The van der Waals surface area contributed by atoms with Crippen molar-refractivity contribution in [3.63, 3.8) is 0 Å². The molecule has 0 saturated carbocycles. The molecule has 0 heterocycles. The summed E-state index contributed by atoms with van der Waals surface area (Å²) in [4.78, 5) is 18.4. The lowest BCUT2D eigenvalue weighted by molar-refractivity contribution is 0.501. The first kappa shape index (κ1) is 14.9. The molecular formula is C9H21O2PS2. The molecule has 0 radical (unpaired) electrons. The molecule has 0 spiro atoms. The molecule has 0 aliphatic heterocycles. The summed E-state index contributed by atoms with van der Waals surface area (Å²) >= 11 is 5.85. The van der Waals surface area contributed by atoms with E-state index in [1.807, 2.05) is 0 Å². The van der Waals surface area contributed by atoms with Gasteiger partial charge < -0.3 is 9.79 Å². The van der Waals surface area contributed by atoms with Crippen molar-refractivity contribution < 1.29 is 9.79 Å². The normalized spacial score (nSPS) is 14.3. The summed E-state index contributed by atoms with van der Waals surface area (Å²) in [6.07, 6.45) is 6.78. The van der Waals surface area contributed by atoms with E-state index in [1.165, 1.54) is 30.6 Å². The van der Waals surface area contributed by atoms with Gasteiger partial charge in [0.15, 0.2) is 0 Å². The van der Waals surface area contributed by atoms with Crippen LogP contribution >= 0.6 is 17.1 Å². The fourth-order valence-electron chi connectivity index (χ4n) is 1.39. The van der Waals surface area contributed by atoms with E-state index in [1.54, 1.807) is 0 Å². The van der Waals surface area contributed by atoms with E-state index in [0.717, 1.165) is 19.3 Å². The molecular weight excluding hydrogens is 235 g/mol. The van der Waals surface area contributed by atoms with E-state index in [2.05, 4.69) is 25.7 Å². The van der Waals surface area contributed by atoms with Crippen LogP contribution in [0.3, 0.4) is 0 Å². The summed E-state index contributed by atoms with van der Waals surface area (Å²) < 4.78 is 0. The highest BCUT2D eigenvalue weighted by Gasteiger charge is 2.17. The van der Waals surface area contributed by atoms with Crippen molar-refractivity contribution in [3.8, 4) is 0 Å². The van der Waals surface area contributed by atoms with Gasteiger partial charge in [-0.3, -0.25) is 0 Å². The smallest absolute Gasteiger partial charge is 0.242 e. The van der Waals surface area contributed by atoms with E-state index in [4.69, 9.17) is 0 Å². The molecule has 0 aromatic carbocycles. The number of hydrogen-bond donors (Lipinski definition) is 2. The first-order chi connectivity index (χ1) is 6.49. The lowest BCUT2D eigenvalue weighted by Crippen LogP contribution is -2.01. The van der Waals surface area contributed by atoms with E-state index in [-0.39, 0.29) is 0 Å². The third-order valence-electron chi connectivity index (χ3n) is 2.03. The Morgan fingerprint density at radius 1 is 1.14 bits per heavy atom. The van der Waals surface area contributed by atoms with Crippen LogP contribution in [0.1, 0.15) is 52.4 Å². The van der Waals surface area contributed by atoms with Crippen molar-refractivity contribution in [2.45, 2.75) is 57.6 Å². The van der Waals surface area contributed by atoms with Gasteiger partial charge in [-0.1, -0.05) is 50.9 Å². The minimum absolute atomic E-state index is 0.340. The van der Waals surface area contributed by atoms with Gasteiger partial charge in [0.1, 0.15) is 0 Å². The standard InChI is InChI=1S/C9H21O2PS2/c1-3-5-6-8-9(7-4-2)14-12(10,11)13/h9H,3-8H2,1-2H3,(H2,10,11,13). The monoisotopic (exact) mass is 256 g/mol. The summed E-state index contributed by atoms with van der Waals surface area (Å²) in [5, 5.41) is 0.340. The van der Waals surface area contributed by atoms with Gasteiger partial charge in [0.05, 0.1) is 0 Å². The van der Waals surface area contributed by atoms with Crippen molar-refractivity contribution in [2.75, 3.05) is 0 Å². The third-order valence-corrected chi connectivity index (χ3v) is 5.56. The maximum absolute atomic E-state index is 9.22. The molecule has 0 amide bonds. The summed E-state index contributed by atoms with van der Waals surface area (Å²) in [5.41, 5.74) is -3.05. The largest absolute Gasteiger partial charge is 0.338 e. The molecule has 1 atom stereocenters. The highest BCUT2D eigenvalue weighted by molar-refractivity contribution is 8.67. The molecule has 1 unspecified atom stereocenters. The maximum atomic E-state index is 9.22. The Kier molecular flexibility index (Phi) is 8.65. The van der Waals surface area contributed by atoms with Gasteiger partial charge in [-0.25, -0.2) is 0 Å². The average molecular weight is 256 g/mol. The molecule has 2 nitrogen and oxygen atoms in total. The highest BCUT2D eigenvalue weighted by atomic mass is 32.9. The Labute approximate surface area is 96.4 Å². The molecule has 2 N–H and O–H groups in total. The molecule has 5 heteroatoms. The summed E-state index contributed by atoms with van der Waals surface area (Å²) in [5.74, 6) is 0. The topological polar surface area (TPSA) is 40.5 Å². The lowest BCUT2D eigenvalue weighted by Gasteiger charge is -2.17. The van der Waals surface area contributed by atoms with Crippen LogP contribution < -0.4 is 0 Å². The summed E-state index contributed by atoms with van der Waals surface area (Å²) in [6.45, 7) is 4.29. The Morgan fingerprint density at radius 2 is 1.79 bits per heavy atom. The minimum atomic E-state index is -3.05. The average Bonchev–Trinajstić information content (AvgIpc) is 2.02. The fraction of sp³-hybridized carbons (Fsp3) is 1.00. The predicted octanol–water partition coefficient (Wildman–Crippen LogP) is 3.68. The Hall–Kier alpha value is 0.920. The first-order valence-corrected chi connectivity index (χ1v) is 9.42. The second-order valence-electron chi connectivity index (χ2n) is 3.50. The Morgan fingerprint density at radius 3 is 2.21 bits per heavy atom. The SMILES string of the molecule is CCCCCC(CCC)SP(O)(O)=S. The van der Waals surface area contributed by atoms with E-state index in [0.29, 0.717) is 5.25 Å². The zero-order valence-electron chi connectivity index (χ0n) is 8.98. The van der Waals surface area contributed by atoms with Crippen LogP contribution in [-0.4, -0.2) is 15.0 Å². The van der Waals surface area contributed by atoms with Gasteiger partial charge >= 0.3 is 0 Å². The van der Waals surface area contributed by atoms with Gasteiger partial charge in [-0.15, -0.1) is 0 Å². The van der Waals surface area contributed by atoms with Crippen LogP contribution in [0.15, 0.2) is 0 Å². The molecule has 86 valence electrons. The quantitative estimate of drug-likeness (QED) is 0.513. The number of hydrogen-bond acceptors (Lipinski definition) is 2. The van der Waals surface area contributed by atoms with E-state index in [9.17, 15) is 9.79 Å². The highest BCUT2D eigenvalue weighted by Crippen LogP contribution is 2.54. The number of rotatable bonds is 8. The summed E-state index contributed by atoms with van der Waals surface area (Å²) in [7, 11) is 0. The van der Waals surface area contributed by atoms with Gasteiger partial charge in [-0.2, -0.15) is 0 Å². The number of unbranched alkanes of at least 4 members (excludes halogenated alkanes) is 2. The minimum Gasteiger partial charge on any atom is -0.338 e. The maximum Gasteiger partial charge on any atom is 0.242 e. The molecule has 0 aromatic heterocycles. The predicted molar refractivity (Wildman–Crippen MR) is 69.2 cm³/mol. The molecule has 0 aromatic rings. The molecule has 0 aliphatic carbocycles. The molecule has 0 aliphatic rings. The Balaban J connectivity index is 3.83. The van der Waals surface area contributed by atoms with Gasteiger partial charge in [-0.05, 0) is 24.6 Å². The van der Waals surface area contributed by atoms with Crippen LogP contribution in [0.4, 0.5) is 0 Å². The first-order valence-electron chi connectivity index (χ1n) is 5.23. The molecule has 0 fully saturated rings. The molecule has 0 bridgehead atoms. The van der Waals surface area contributed by atoms with Crippen LogP contribution in [0.2, 0.25) is 0 Å². The van der Waals surface area contributed by atoms with Crippen molar-refractivity contribution >= 4 is 28.9 Å². The van der Waals surface area contributed by atoms with Crippen LogP contribution in [0.5, 0.6) is 0 Å². The molecule has 14 heavy (non-hydrogen) atoms. The van der Waals surface area contributed by atoms with Gasteiger partial charge in [0, 0.05) is 5.25 Å². The van der Waals surface area contributed by atoms with Crippen LogP contribution in [0, 0.1) is 0 Å². The zero-order chi connectivity index (χ0) is 11.0. The molecule has 0 rings (SSSR count). The van der Waals surface area contributed by atoms with E-state index < -0.39 is 5.69 Å². The fourth-order valence-corrected chi connectivity index (χ4v) is 5.28. The van der Waals surface area contributed by atoms with Crippen molar-refractivity contribution in [1.82, 2.24) is 0 Å².